The Kier molecular flexibility index (Phi) is 4.04. The van der Waals surface area contributed by atoms with Crippen molar-refractivity contribution in [2.24, 2.45) is 0 Å². The molecule has 2 heteroatoms. The summed E-state index contributed by atoms with van der Waals surface area (Å²) in [7, 11) is 0. The zero-order valence-corrected chi connectivity index (χ0v) is 8.22. The Bertz CT molecular complexity index is 105. The van der Waals surface area contributed by atoms with Crippen LogP contribution in [0.1, 0.15) is 41.0 Å². The summed E-state index contributed by atoms with van der Waals surface area (Å²) in [6, 6.07) is 0. The Hall–Kier alpha value is -0.0800. The lowest BCUT2D eigenvalue weighted by Crippen LogP contribution is -2.33. The van der Waals surface area contributed by atoms with Crippen molar-refractivity contribution in [1.82, 2.24) is 0 Å². The molecule has 0 rings (SSSR count). The topological polar surface area (TPSA) is 29.5 Å². The number of aliphatic hydroxyl groups excluding tert-OH is 1. The van der Waals surface area contributed by atoms with Crippen LogP contribution in [0.4, 0.5) is 0 Å². The Balaban J connectivity index is 3.77. The molecule has 0 aromatic carbocycles. The molecule has 0 heterocycles. The van der Waals surface area contributed by atoms with E-state index in [1.54, 1.807) is 0 Å². The molecular weight excluding hydrogens is 140 g/mol. The molecule has 1 N–H and O–H groups in total. The van der Waals surface area contributed by atoms with Gasteiger partial charge in [0.05, 0.1) is 17.8 Å². The predicted molar refractivity (Wildman–Crippen MR) is 46.6 cm³/mol. The SMILES string of the molecule is CCC(O)C(C)OC(C)(C)C. The number of hydrogen-bond acceptors (Lipinski definition) is 2. The van der Waals surface area contributed by atoms with Crippen molar-refractivity contribution in [2.75, 3.05) is 0 Å². The molecule has 2 unspecified atom stereocenters. The van der Waals surface area contributed by atoms with Crippen LogP contribution in [0.3, 0.4) is 0 Å². The van der Waals surface area contributed by atoms with Crippen LogP contribution in [-0.2, 0) is 4.74 Å². The first kappa shape index (κ1) is 10.9. The van der Waals surface area contributed by atoms with Gasteiger partial charge < -0.3 is 9.84 Å². The summed E-state index contributed by atoms with van der Waals surface area (Å²) in [5, 5.41) is 9.36. The lowest BCUT2D eigenvalue weighted by atomic mass is 10.1. The second kappa shape index (κ2) is 4.07. The summed E-state index contributed by atoms with van der Waals surface area (Å²) in [6.07, 6.45) is 0.339. The van der Waals surface area contributed by atoms with Crippen LogP contribution in [0.2, 0.25) is 0 Å². The van der Waals surface area contributed by atoms with Gasteiger partial charge in [-0.05, 0) is 34.1 Å². The number of aliphatic hydroxyl groups is 1. The van der Waals surface area contributed by atoms with Gasteiger partial charge in [0, 0.05) is 0 Å². The van der Waals surface area contributed by atoms with Crippen LogP contribution in [0.5, 0.6) is 0 Å². The zero-order chi connectivity index (χ0) is 9.07. The predicted octanol–water partition coefficient (Wildman–Crippen LogP) is 1.96. The molecule has 0 saturated carbocycles. The molecule has 0 aromatic heterocycles. The van der Waals surface area contributed by atoms with Crippen molar-refractivity contribution in [3.05, 3.63) is 0 Å². The van der Waals surface area contributed by atoms with E-state index in [0.29, 0.717) is 0 Å². The second-order valence-corrected chi connectivity index (χ2v) is 3.91. The number of hydrogen-bond donors (Lipinski definition) is 1. The highest BCUT2D eigenvalue weighted by atomic mass is 16.5. The fourth-order valence-electron chi connectivity index (χ4n) is 0.968. The maximum Gasteiger partial charge on any atom is 0.0812 e. The molecular formula is C9H20O2. The first-order valence-corrected chi connectivity index (χ1v) is 4.22. The van der Waals surface area contributed by atoms with Crippen LogP contribution < -0.4 is 0 Å². The summed E-state index contributed by atoms with van der Waals surface area (Å²) in [5.41, 5.74) is -0.157. The molecule has 2 nitrogen and oxygen atoms in total. The molecule has 0 bridgehead atoms. The highest BCUT2D eigenvalue weighted by Crippen LogP contribution is 2.13. The fraction of sp³-hybridized carbons (Fsp3) is 1.00. The molecule has 68 valence electrons. The van der Waals surface area contributed by atoms with Gasteiger partial charge in [0.15, 0.2) is 0 Å². The van der Waals surface area contributed by atoms with Crippen molar-refractivity contribution < 1.29 is 9.84 Å². The van der Waals surface area contributed by atoms with E-state index in [9.17, 15) is 5.11 Å². The Morgan fingerprint density at radius 2 is 1.82 bits per heavy atom. The third-order valence-electron chi connectivity index (χ3n) is 1.50. The average molecular weight is 160 g/mol. The van der Waals surface area contributed by atoms with Crippen molar-refractivity contribution in [2.45, 2.75) is 58.8 Å². The molecule has 0 aliphatic heterocycles. The fourth-order valence-corrected chi connectivity index (χ4v) is 0.968. The van der Waals surface area contributed by atoms with Gasteiger partial charge in [-0.2, -0.15) is 0 Å². The van der Waals surface area contributed by atoms with E-state index in [1.807, 2.05) is 34.6 Å². The van der Waals surface area contributed by atoms with Gasteiger partial charge >= 0.3 is 0 Å². The Labute approximate surface area is 69.6 Å². The Morgan fingerprint density at radius 3 is 2.09 bits per heavy atom. The van der Waals surface area contributed by atoms with Crippen molar-refractivity contribution in [3.63, 3.8) is 0 Å². The second-order valence-electron chi connectivity index (χ2n) is 3.91. The molecule has 2 atom stereocenters. The largest absolute Gasteiger partial charge is 0.390 e. The smallest absolute Gasteiger partial charge is 0.0812 e. The van der Waals surface area contributed by atoms with E-state index >= 15 is 0 Å². The first-order chi connectivity index (χ1) is 4.87. The number of ether oxygens (including phenoxy) is 1. The lowest BCUT2D eigenvalue weighted by Gasteiger charge is -2.27. The first-order valence-electron chi connectivity index (χ1n) is 4.22. The van der Waals surface area contributed by atoms with E-state index < -0.39 is 0 Å². The molecule has 0 aliphatic carbocycles. The summed E-state index contributed by atoms with van der Waals surface area (Å²) in [5.74, 6) is 0. The molecule has 0 radical (unpaired) electrons. The minimum Gasteiger partial charge on any atom is -0.390 e. The van der Waals surface area contributed by atoms with Crippen LogP contribution >= 0.6 is 0 Å². The zero-order valence-electron chi connectivity index (χ0n) is 8.22. The minimum atomic E-state index is -0.339. The van der Waals surface area contributed by atoms with E-state index in [2.05, 4.69) is 0 Å². The molecule has 0 aromatic rings. The van der Waals surface area contributed by atoms with Gasteiger partial charge in [-0.15, -0.1) is 0 Å². The van der Waals surface area contributed by atoms with Gasteiger partial charge in [0.2, 0.25) is 0 Å². The van der Waals surface area contributed by atoms with Gasteiger partial charge in [0.25, 0.3) is 0 Å². The normalized spacial score (nSPS) is 18.0. The third-order valence-corrected chi connectivity index (χ3v) is 1.50. The molecule has 0 aliphatic rings. The highest BCUT2D eigenvalue weighted by Gasteiger charge is 2.19. The quantitative estimate of drug-likeness (QED) is 0.684. The highest BCUT2D eigenvalue weighted by molar-refractivity contribution is 4.68. The number of rotatable bonds is 3. The minimum absolute atomic E-state index is 0.0694. The average Bonchev–Trinajstić information content (AvgIpc) is 1.82. The van der Waals surface area contributed by atoms with E-state index in [0.717, 1.165) is 6.42 Å². The van der Waals surface area contributed by atoms with Crippen LogP contribution in [0, 0.1) is 0 Å². The van der Waals surface area contributed by atoms with Gasteiger partial charge in [-0.1, -0.05) is 6.92 Å². The van der Waals surface area contributed by atoms with Gasteiger partial charge in [-0.25, -0.2) is 0 Å². The van der Waals surface area contributed by atoms with Crippen molar-refractivity contribution in [1.29, 1.82) is 0 Å². The van der Waals surface area contributed by atoms with Crippen molar-refractivity contribution in [3.8, 4) is 0 Å². The van der Waals surface area contributed by atoms with Crippen LogP contribution in [-0.4, -0.2) is 22.9 Å². The molecule has 0 amide bonds. The van der Waals surface area contributed by atoms with Gasteiger partial charge in [0.1, 0.15) is 0 Å². The van der Waals surface area contributed by atoms with E-state index in [1.165, 1.54) is 0 Å². The summed E-state index contributed by atoms with van der Waals surface area (Å²) in [4.78, 5) is 0. The molecule has 0 saturated heterocycles. The van der Waals surface area contributed by atoms with E-state index in [4.69, 9.17) is 4.74 Å². The summed E-state index contributed by atoms with van der Waals surface area (Å²) in [6.45, 7) is 9.83. The lowest BCUT2D eigenvalue weighted by molar-refractivity contribution is -0.102. The van der Waals surface area contributed by atoms with Crippen LogP contribution in [0.15, 0.2) is 0 Å². The maximum atomic E-state index is 9.36. The van der Waals surface area contributed by atoms with E-state index in [-0.39, 0.29) is 17.8 Å². The molecule has 0 fully saturated rings. The van der Waals surface area contributed by atoms with Crippen LogP contribution in [0.25, 0.3) is 0 Å². The third kappa shape index (κ3) is 5.22. The molecule has 0 spiro atoms. The van der Waals surface area contributed by atoms with Gasteiger partial charge in [-0.3, -0.25) is 0 Å². The van der Waals surface area contributed by atoms with Crippen molar-refractivity contribution >= 4 is 0 Å². The summed E-state index contributed by atoms with van der Waals surface area (Å²) < 4.78 is 5.54. The summed E-state index contributed by atoms with van der Waals surface area (Å²) >= 11 is 0. The molecule has 11 heavy (non-hydrogen) atoms. The maximum absolute atomic E-state index is 9.36. The monoisotopic (exact) mass is 160 g/mol. The standard InChI is InChI=1S/C9H20O2/c1-6-8(10)7(2)11-9(3,4)5/h7-8,10H,6H2,1-5H3. The Morgan fingerprint density at radius 1 is 1.36 bits per heavy atom.